The first-order valence-electron chi connectivity index (χ1n) is 8.31. The first-order chi connectivity index (χ1) is 10.8. The van der Waals surface area contributed by atoms with E-state index in [2.05, 4.69) is 61.9 Å². The molecule has 5 nitrogen and oxygen atoms in total. The number of nitrogens with zero attached hydrogens (tertiary/aromatic N) is 2. The summed E-state index contributed by atoms with van der Waals surface area (Å²) in [5, 5.41) is 0. The zero-order valence-electron chi connectivity index (χ0n) is 16.0. The monoisotopic (exact) mass is 351 g/mol. The van der Waals surface area contributed by atoms with Crippen LogP contribution in [0.15, 0.2) is 12.1 Å². The van der Waals surface area contributed by atoms with E-state index in [1.807, 2.05) is 13.0 Å². The smallest absolute Gasteiger partial charge is 0.232 e. The molecule has 1 aromatic heterocycles. The fourth-order valence-corrected chi connectivity index (χ4v) is 3.53. The van der Waals surface area contributed by atoms with E-state index < -0.39 is 10.0 Å². The minimum atomic E-state index is -3.36. The van der Waals surface area contributed by atoms with Crippen LogP contribution in [0, 0.1) is 6.92 Å². The highest BCUT2D eigenvalue weighted by molar-refractivity contribution is 7.92. The van der Waals surface area contributed by atoms with E-state index >= 15 is 0 Å². The third-order valence-electron chi connectivity index (χ3n) is 4.11. The van der Waals surface area contributed by atoms with Crippen LogP contribution in [-0.4, -0.2) is 23.7 Å². The third-order valence-corrected chi connectivity index (χ3v) is 5.40. The maximum absolute atomic E-state index is 12.1. The van der Waals surface area contributed by atoms with Gasteiger partial charge in [0.05, 0.1) is 17.0 Å². The summed E-state index contributed by atoms with van der Waals surface area (Å²) in [4.78, 5) is 4.66. The minimum Gasteiger partial charge on any atom is -0.323 e. The molecular weight excluding hydrogens is 322 g/mol. The highest BCUT2D eigenvalue weighted by Crippen LogP contribution is 2.35. The molecule has 0 saturated carbocycles. The zero-order chi connectivity index (χ0) is 18.5. The van der Waals surface area contributed by atoms with Crippen LogP contribution in [0.2, 0.25) is 0 Å². The van der Waals surface area contributed by atoms with Gasteiger partial charge in [0.2, 0.25) is 10.0 Å². The largest absolute Gasteiger partial charge is 0.323 e. The number of imidazole rings is 1. The van der Waals surface area contributed by atoms with Crippen LogP contribution >= 0.6 is 0 Å². The van der Waals surface area contributed by atoms with Crippen molar-refractivity contribution in [1.82, 2.24) is 9.55 Å². The molecule has 134 valence electrons. The molecule has 0 spiro atoms. The molecule has 0 amide bonds. The Morgan fingerprint density at radius 1 is 1.12 bits per heavy atom. The molecule has 0 radical (unpaired) electrons. The maximum Gasteiger partial charge on any atom is 0.232 e. The van der Waals surface area contributed by atoms with Gasteiger partial charge in [-0.25, -0.2) is 13.4 Å². The zero-order valence-corrected chi connectivity index (χ0v) is 16.8. The first-order valence-corrected chi connectivity index (χ1v) is 9.96. The topological polar surface area (TPSA) is 64.0 Å². The summed E-state index contributed by atoms with van der Waals surface area (Å²) < 4.78 is 29.1. The Morgan fingerprint density at radius 2 is 1.71 bits per heavy atom. The second-order valence-electron chi connectivity index (χ2n) is 8.31. The fourth-order valence-electron chi connectivity index (χ4n) is 2.89. The van der Waals surface area contributed by atoms with Crippen molar-refractivity contribution < 1.29 is 8.42 Å². The van der Waals surface area contributed by atoms with Crippen molar-refractivity contribution in [2.24, 2.45) is 0 Å². The standard InChI is InChI=1S/C18H29N3O2S/c1-9-24(22,23)20-14-10-13(17(3,4)5)11-15-16(14)19-12(2)21(15)18(6,7)8/h10-11,20H,9H2,1-8H3. The Kier molecular flexibility index (Phi) is 4.50. The summed E-state index contributed by atoms with van der Waals surface area (Å²) in [6.07, 6.45) is 0. The Hall–Kier alpha value is -1.56. The van der Waals surface area contributed by atoms with E-state index in [1.165, 1.54) is 0 Å². The molecule has 0 unspecified atom stereocenters. The highest BCUT2D eigenvalue weighted by Gasteiger charge is 2.25. The summed E-state index contributed by atoms with van der Waals surface area (Å²) in [6.45, 7) is 16.3. The van der Waals surface area contributed by atoms with Crippen molar-refractivity contribution in [1.29, 1.82) is 0 Å². The second kappa shape index (κ2) is 5.76. The summed E-state index contributed by atoms with van der Waals surface area (Å²) in [5.74, 6) is 0.910. The summed E-state index contributed by atoms with van der Waals surface area (Å²) >= 11 is 0. The third kappa shape index (κ3) is 3.58. The van der Waals surface area contributed by atoms with E-state index in [9.17, 15) is 8.42 Å². The Balaban J connectivity index is 2.86. The van der Waals surface area contributed by atoms with Crippen LogP contribution in [0.5, 0.6) is 0 Å². The van der Waals surface area contributed by atoms with Crippen molar-refractivity contribution in [3.63, 3.8) is 0 Å². The van der Waals surface area contributed by atoms with Gasteiger partial charge in [0.15, 0.2) is 0 Å². The number of fused-ring (bicyclic) bond motifs is 1. The number of rotatable bonds is 3. The van der Waals surface area contributed by atoms with Gasteiger partial charge in [-0.2, -0.15) is 0 Å². The van der Waals surface area contributed by atoms with E-state index in [0.29, 0.717) is 11.2 Å². The van der Waals surface area contributed by atoms with Gasteiger partial charge in [-0.1, -0.05) is 20.8 Å². The maximum atomic E-state index is 12.1. The van der Waals surface area contributed by atoms with Gasteiger partial charge in [-0.15, -0.1) is 0 Å². The molecule has 6 heteroatoms. The first kappa shape index (κ1) is 18.8. The van der Waals surface area contributed by atoms with Crippen LogP contribution in [0.4, 0.5) is 5.69 Å². The van der Waals surface area contributed by atoms with Gasteiger partial charge in [0, 0.05) is 5.54 Å². The van der Waals surface area contributed by atoms with Crippen molar-refractivity contribution in [3.05, 3.63) is 23.5 Å². The Morgan fingerprint density at radius 3 is 2.17 bits per heavy atom. The molecule has 1 aromatic carbocycles. The summed E-state index contributed by atoms with van der Waals surface area (Å²) in [6, 6.07) is 4.04. The van der Waals surface area contributed by atoms with Gasteiger partial charge < -0.3 is 4.57 Å². The molecule has 0 aliphatic rings. The molecule has 0 saturated heterocycles. The van der Waals surface area contributed by atoms with Gasteiger partial charge in [-0.05, 0) is 57.7 Å². The van der Waals surface area contributed by atoms with Crippen molar-refractivity contribution in [2.45, 2.75) is 66.3 Å². The number of nitrogens with one attached hydrogen (secondary N) is 1. The van der Waals surface area contributed by atoms with Gasteiger partial charge in [0.25, 0.3) is 0 Å². The summed E-state index contributed by atoms with van der Waals surface area (Å²) in [7, 11) is -3.36. The number of hydrogen-bond acceptors (Lipinski definition) is 3. The molecule has 0 fully saturated rings. The number of anilines is 1. The molecule has 0 aliphatic heterocycles. The number of aromatic nitrogens is 2. The lowest BCUT2D eigenvalue weighted by atomic mass is 9.86. The van der Waals surface area contributed by atoms with Crippen molar-refractivity contribution >= 4 is 26.7 Å². The minimum absolute atomic E-state index is 0.0349. The molecule has 24 heavy (non-hydrogen) atoms. The molecule has 2 rings (SSSR count). The van der Waals surface area contributed by atoms with Crippen LogP contribution < -0.4 is 4.72 Å². The average molecular weight is 352 g/mol. The molecule has 2 aromatic rings. The van der Waals surface area contributed by atoms with Crippen LogP contribution in [0.1, 0.15) is 59.9 Å². The lowest BCUT2D eigenvalue weighted by Gasteiger charge is -2.26. The van der Waals surface area contributed by atoms with E-state index in [4.69, 9.17) is 0 Å². The average Bonchev–Trinajstić information content (AvgIpc) is 2.73. The molecule has 1 heterocycles. The van der Waals surface area contributed by atoms with Crippen molar-refractivity contribution in [3.8, 4) is 0 Å². The number of benzene rings is 1. The Labute approximate surface area is 145 Å². The highest BCUT2D eigenvalue weighted by atomic mass is 32.2. The quantitative estimate of drug-likeness (QED) is 0.903. The van der Waals surface area contributed by atoms with Crippen LogP contribution in [0.25, 0.3) is 11.0 Å². The van der Waals surface area contributed by atoms with E-state index in [0.717, 1.165) is 16.9 Å². The SMILES string of the molecule is CCS(=O)(=O)Nc1cc(C(C)(C)C)cc2c1nc(C)n2C(C)(C)C. The number of sulfonamides is 1. The van der Waals surface area contributed by atoms with Gasteiger partial charge >= 0.3 is 0 Å². The molecule has 0 atom stereocenters. The summed E-state index contributed by atoms with van der Waals surface area (Å²) in [5.41, 5.74) is 3.06. The predicted molar refractivity (Wildman–Crippen MR) is 101 cm³/mol. The molecular formula is C18H29N3O2S. The van der Waals surface area contributed by atoms with E-state index in [-0.39, 0.29) is 16.7 Å². The van der Waals surface area contributed by atoms with Crippen molar-refractivity contribution in [2.75, 3.05) is 10.5 Å². The van der Waals surface area contributed by atoms with E-state index in [1.54, 1.807) is 6.92 Å². The lowest BCUT2D eigenvalue weighted by Crippen LogP contribution is -2.23. The molecule has 1 N–H and O–H groups in total. The molecule has 0 bridgehead atoms. The van der Waals surface area contributed by atoms with Crippen LogP contribution in [-0.2, 0) is 21.0 Å². The van der Waals surface area contributed by atoms with Crippen LogP contribution in [0.3, 0.4) is 0 Å². The predicted octanol–water partition coefficient (Wildman–Crippen LogP) is 4.16. The lowest BCUT2D eigenvalue weighted by molar-refractivity contribution is 0.399. The van der Waals surface area contributed by atoms with Gasteiger partial charge in [0.1, 0.15) is 11.3 Å². The van der Waals surface area contributed by atoms with Gasteiger partial charge in [-0.3, -0.25) is 4.72 Å². The number of aryl methyl sites for hydroxylation is 1. The molecule has 0 aliphatic carbocycles. The normalized spacial score (nSPS) is 13.5. The second-order valence-corrected chi connectivity index (χ2v) is 10.3. The number of hydrogen-bond donors (Lipinski definition) is 1. The Bertz CT molecular complexity index is 866. The fraction of sp³-hybridized carbons (Fsp3) is 0.611.